The van der Waals surface area contributed by atoms with E-state index in [4.69, 9.17) is 18.8 Å². The summed E-state index contributed by atoms with van der Waals surface area (Å²) < 4.78 is 22.6. The van der Waals surface area contributed by atoms with Gasteiger partial charge in [-0.05, 0) is 27.7 Å². The van der Waals surface area contributed by atoms with Gasteiger partial charge >= 0.3 is 7.12 Å². The van der Waals surface area contributed by atoms with Crippen molar-refractivity contribution in [1.82, 2.24) is 4.90 Å². The standard InChI is InChI=1S/C15H27BN2O4/c1-14(2)15(3,4)22-16(21-14)11-9-17-12(18(5)10-11)8-13(19-6)20-7/h9-10,12-13H,8H2,1-7H3. The molecule has 0 saturated carbocycles. The van der Waals surface area contributed by atoms with Crippen LogP contribution in [0.3, 0.4) is 0 Å². The first-order chi connectivity index (χ1) is 10.2. The molecule has 7 heteroatoms. The van der Waals surface area contributed by atoms with Crippen LogP contribution < -0.4 is 0 Å². The summed E-state index contributed by atoms with van der Waals surface area (Å²) in [5.41, 5.74) is 0.224. The fourth-order valence-corrected chi connectivity index (χ4v) is 2.42. The van der Waals surface area contributed by atoms with E-state index in [0.29, 0.717) is 6.42 Å². The second-order valence-corrected chi connectivity index (χ2v) is 6.78. The van der Waals surface area contributed by atoms with E-state index in [-0.39, 0.29) is 23.7 Å². The molecule has 0 radical (unpaired) electrons. The van der Waals surface area contributed by atoms with E-state index in [1.165, 1.54) is 0 Å². The van der Waals surface area contributed by atoms with Gasteiger partial charge in [0.05, 0.1) is 11.2 Å². The Morgan fingerprint density at radius 1 is 1.23 bits per heavy atom. The Kier molecular flexibility index (Phi) is 5.01. The number of aliphatic imine (C=N–C) groups is 1. The third-order valence-corrected chi connectivity index (χ3v) is 4.67. The Labute approximate surface area is 133 Å². The predicted octanol–water partition coefficient (Wildman–Crippen LogP) is 1.85. The van der Waals surface area contributed by atoms with Gasteiger partial charge in [-0.3, -0.25) is 4.99 Å². The van der Waals surface area contributed by atoms with Gasteiger partial charge in [-0.1, -0.05) is 0 Å². The maximum atomic E-state index is 6.05. The van der Waals surface area contributed by atoms with E-state index >= 15 is 0 Å². The van der Waals surface area contributed by atoms with Crippen LogP contribution in [-0.4, -0.2) is 63.2 Å². The molecule has 0 aromatic carbocycles. The molecule has 1 fully saturated rings. The molecule has 1 saturated heterocycles. The van der Waals surface area contributed by atoms with Crippen LogP contribution in [-0.2, 0) is 18.8 Å². The van der Waals surface area contributed by atoms with Crippen LogP contribution >= 0.6 is 0 Å². The van der Waals surface area contributed by atoms with Gasteiger partial charge in [-0.2, -0.15) is 0 Å². The number of nitrogens with zero attached hydrogens (tertiary/aromatic N) is 2. The zero-order valence-corrected chi connectivity index (χ0v) is 14.6. The summed E-state index contributed by atoms with van der Waals surface area (Å²) in [7, 11) is 4.85. The summed E-state index contributed by atoms with van der Waals surface area (Å²) in [6.07, 6.45) is 4.22. The summed E-state index contributed by atoms with van der Waals surface area (Å²) in [5, 5.41) is 0. The van der Waals surface area contributed by atoms with Crippen LogP contribution in [0.4, 0.5) is 0 Å². The second-order valence-electron chi connectivity index (χ2n) is 6.78. The molecule has 0 bridgehead atoms. The second kappa shape index (κ2) is 6.32. The van der Waals surface area contributed by atoms with Gasteiger partial charge in [0.25, 0.3) is 0 Å². The first-order valence-electron chi connectivity index (χ1n) is 7.58. The molecular weight excluding hydrogens is 283 g/mol. The molecular formula is C15H27BN2O4. The molecule has 2 heterocycles. The molecule has 2 rings (SSSR count). The number of methoxy groups -OCH3 is 2. The van der Waals surface area contributed by atoms with Crippen molar-refractivity contribution in [1.29, 1.82) is 0 Å². The lowest BCUT2D eigenvalue weighted by atomic mass is 9.79. The van der Waals surface area contributed by atoms with Crippen molar-refractivity contribution in [2.24, 2.45) is 4.99 Å². The van der Waals surface area contributed by atoms with Crippen LogP contribution in [0.2, 0.25) is 0 Å². The fraction of sp³-hybridized carbons (Fsp3) is 0.800. The summed E-state index contributed by atoms with van der Waals surface area (Å²) >= 11 is 0. The maximum Gasteiger partial charge on any atom is 0.497 e. The number of allylic oxidation sites excluding steroid dienone is 1. The molecule has 0 N–H and O–H groups in total. The fourth-order valence-electron chi connectivity index (χ4n) is 2.42. The van der Waals surface area contributed by atoms with E-state index < -0.39 is 7.12 Å². The average Bonchev–Trinajstić information content (AvgIpc) is 2.66. The lowest BCUT2D eigenvalue weighted by molar-refractivity contribution is -0.114. The molecule has 1 unspecified atom stereocenters. The molecule has 0 aromatic heterocycles. The van der Waals surface area contributed by atoms with E-state index in [2.05, 4.69) is 4.99 Å². The zero-order valence-electron chi connectivity index (χ0n) is 14.6. The van der Waals surface area contributed by atoms with Crippen LogP contribution in [0, 0.1) is 0 Å². The molecule has 2 aliphatic rings. The third kappa shape index (κ3) is 3.37. The Morgan fingerprint density at radius 3 is 2.23 bits per heavy atom. The van der Waals surface area contributed by atoms with Crippen LogP contribution in [0.15, 0.2) is 16.7 Å². The van der Waals surface area contributed by atoms with E-state index in [1.54, 1.807) is 14.2 Å². The molecule has 0 aromatic rings. The monoisotopic (exact) mass is 310 g/mol. The van der Waals surface area contributed by atoms with Crippen molar-refractivity contribution in [3.8, 4) is 0 Å². The highest BCUT2D eigenvalue weighted by Crippen LogP contribution is 2.38. The van der Waals surface area contributed by atoms with Gasteiger partial charge in [0.1, 0.15) is 6.17 Å². The van der Waals surface area contributed by atoms with Gasteiger partial charge in [-0.15, -0.1) is 0 Å². The SMILES string of the molecule is COC(CC1N=CC(B2OC(C)(C)C(C)(C)O2)=CN1C)OC. The highest BCUT2D eigenvalue weighted by atomic mass is 16.7. The number of hydrogen-bond donors (Lipinski definition) is 0. The summed E-state index contributed by atoms with van der Waals surface area (Å²) in [4.78, 5) is 6.61. The zero-order chi connectivity index (χ0) is 16.5. The quantitative estimate of drug-likeness (QED) is 0.573. The van der Waals surface area contributed by atoms with Gasteiger partial charge < -0.3 is 23.7 Å². The van der Waals surface area contributed by atoms with Crippen molar-refractivity contribution in [3.05, 3.63) is 11.7 Å². The molecule has 0 aliphatic carbocycles. The van der Waals surface area contributed by atoms with Gasteiger partial charge in [0, 0.05) is 45.6 Å². The van der Waals surface area contributed by atoms with Gasteiger partial charge in [0.15, 0.2) is 6.29 Å². The Morgan fingerprint density at radius 2 is 1.77 bits per heavy atom. The summed E-state index contributed by atoms with van der Waals surface area (Å²) in [5.74, 6) is 0. The largest absolute Gasteiger partial charge is 0.497 e. The molecule has 6 nitrogen and oxygen atoms in total. The Hall–Kier alpha value is -0.885. The first kappa shape index (κ1) is 17.5. The molecule has 22 heavy (non-hydrogen) atoms. The average molecular weight is 310 g/mol. The van der Waals surface area contributed by atoms with Crippen LogP contribution in [0.5, 0.6) is 0 Å². The molecule has 0 amide bonds. The number of hydrogen-bond acceptors (Lipinski definition) is 6. The van der Waals surface area contributed by atoms with E-state index in [9.17, 15) is 0 Å². The smallest absolute Gasteiger partial charge is 0.399 e. The van der Waals surface area contributed by atoms with Crippen molar-refractivity contribution >= 4 is 13.3 Å². The van der Waals surface area contributed by atoms with Crippen molar-refractivity contribution in [3.63, 3.8) is 0 Å². The molecule has 1 atom stereocenters. The topological polar surface area (TPSA) is 52.5 Å². The third-order valence-electron chi connectivity index (χ3n) is 4.67. The minimum absolute atomic E-state index is 0.0175. The van der Waals surface area contributed by atoms with Crippen molar-refractivity contribution in [2.75, 3.05) is 21.3 Å². The lowest BCUT2D eigenvalue weighted by Gasteiger charge is -2.32. The first-order valence-corrected chi connectivity index (χ1v) is 7.58. The maximum absolute atomic E-state index is 6.05. The van der Waals surface area contributed by atoms with Gasteiger partial charge in [-0.25, -0.2) is 0 Å². The van der Waals surface area contributed by atoms with Crippen molar-refractivity contribution < 1.29 is 18.8 Å². The Bertz CT molecular complexity index is 444. The lowest BCUT2D eigenvalue weighted by Crippen LogP contribution is -2.41. The molecule has 2 aliphatic heterocycles. The predicted molar refractivity (Wildman–Crippen MR) is 86.6 cm³/mol. The van der Waals surface area contributed by atoms with Gasteiger partial charge in [0.2, 0.25) is 0 Å². The normalized spacial score (nSPS) is 26.7. The summed E-state index contributed by atoms with van der Waals surface area (Å²) in [6.45, 7) is 8.17. The van der Waals surface area contributed by atoms with Crippen molar-refractivity contribution in [2.45, 2.75) is 57.8 Å². The van der Waals surface area contributed by atoms with E-state index in [1.807, 2.05) is 52.1 Å². The molecule has 124 valence electrons. The summed E-state index contributed by atoms with van der Waals surface area (Å²) in [6, 6.07) is 0. The minimum atomic E-state index is -0.391. The number of rotatable bonds is 5. The van der Waals surface area contributed by atoms with Crippen LogP contribution in [0.1, 0.15) is 34.1 Å². The highest BCUT2D eigenvalue weighted by Gasteiger charge is 2.52. The number of ether oxygens (including phenoxy) is 2. The van der Waals surface area contributed by atoms with Crippen LogP contribution in [0.25, 0.3) is 0 Å². The van der Waals surface area contributed by atoms with E-state index in [0.717, 1.165) is 5.47 Å². The Balaban J connectivity index is 2.04. The highest BCUT2D eigenvalue weighted by molar-refractivity contribution is 6.60. The molecule has 0 spiro atoms. The minimum Gasteiger partial charge on any atom is -0.399 e.